The molecule has 0 aliphatic heterocycles. The molecule has 0 radical (unpaired) electrons. The van der Waals surface area contributed by atoms with Gasteiger partial charge in [-0.05, 0) is 23.5 Å². The molecule has 1 aromatic rings. The van der Waals surface area contributed by atoms with E-state index < -0.39 is 12.1 Å². The summed E-state index contributed by atoms with van der Waals surface area (Å²) in [5.41, 5.74) is 2.11. The maximum atomic E-state index is 10.5. The molecule has 0 bridgehead atoms. The van der Waals surface area contributed by atoms with E-state index in [2.05, 4.69) is 19.2 Å². The van der Waals surface area contributed by atoms with Crippen molar-refractivity contribution >= 4 is 5.97 Å². The second kappa shape index (κ2) is 8.02. The lowest BCUT2D eigenvalue weighted by atomic mass is 9.96. The van der Waals surface area contributed by atoms with Crippen LogP contribution in [0.1, 0.15) is 56.8 Å². The highest BCUT2D eigenvalue weighted by atomic mass is 16.4. The third kappa shape index (κ3) is 4.94. The molecule has 3 N–H and O–H groups in total. The van der Waals surface area contributed by atoms with Crippen LogP contribution in [0.2, 0.25) is 0 Å². The Morgan fingerprint density at radius 2 is 1.75 bits per heavy atom. The van der Waals surface area contributed by atoms with E-state index in [-0.39, 0.29) is 12.5 Å². The van der Waals surface area contributed by atoms with Gasteiger partial charge in [0.2, 0.25) is 0 Å². The largest absolute Gasteiger partial charge is 0.481 e. The van der Waals surface area contributed by atoms with Gasteiger partial charge < -0.3 is 15.5 Å². The second-order valence-electron chi connectivity index (χ2n) is 5.38. The van der Waals surface area contributed by atoms with Crippen LogP contribution in [-0.4, -0.2) is 28.8 Å². The maximum absolute atomic E-state index is 10.5. The number of benzene rings is 1. The first-order chi connectivity index (χ1) is 9.45. The van der Waals surface area contributed by atoms with Crippen LogP contribution in [-0.2, 0) is 4.79 Å². The Hall–Kier alpha value is -1.39. The molecule has 112 valence electrons. The number of hydrogen-bond donors (Lipinski definition) is 3. The molecule has 4 nitrogen and oxygen atoms in total. The average molecular weight is 279 g/mol. The van der Waals surface area contributed by atoms with Gasteiger partial charge in [-0.2, -0.15) is 0 Å². The Kier molecular flexibility index (Phi) is 6.68. The van der Waals surface area contributed by atoms with Crippen LogP contribution in [0.4, 0.5) is 0 Å². The minimum absolute atomic E-state index is 0.0650. The first-order valence-electron chi connectivity index (χ1n) is 7.18. The van der Waals surface area contributed by atoms with Gasteiger partial charge in [-0.3, -0.25) is 4.79 Å². The Bertz CT molecular complexity index is 414. The molecule has 1 aromatic carbocycles. The summed E-state index contributed by atoms with van der Waals surface area (Å²) in [5.74, 6) is -0.361. The summed E-state index contributed by atoms with van der Waals surface area (Å²) in [6.07, 6.45) is 0.192. The summed E-state index contributed by atoms with van der Waals surface area (Å²) in [4.78, 5) is 10.5. The zero-order valence-corrected chi connectivity index (χ0v) is 12.5. The van der Waals surface area contributed by atoms with Crippen molar-refractivity contribution in [2.75, 3.05) is 6.54 Å². The van der Waals surface area contributed by atoms with Crippen LogP contribution < -0.4 is 5.32 Å². The molecule has 0 aliphatic carbocycles. The molecule has 0 heterocycles. The Morgan fingerprint density at radius 3 is 2.20 bits per heavy atom. The van der Waals surface area contributed by atoms with Gasteiger partial charge in [0.05, 0.1) is 12.5 Å². The predicted octanol–water partition coefficient (Wildman–Crippen LogP) is 2.69. The average Bonchev–Trinajstić information content (AvgIpc) is 2.42. The predicted molar refractivity (Wildman–Crippen MR) is 79.8 cm³/mol. The highest BCUT2D eigenvalue weighted by Crippen LogP contribution is 2.22. The molecular formula is C16H25NO3. The molecule has 2 unspecified atom stereocenters. The lowest BCUT2D eigenvalue weighted by molar-refractivity contribution is -0.136. The number of hydrogen-bond acceptors (Lipinski definition) is 3. The Labute approximate surface area is 120 Å². The SMILES string of the molecule is CCC(NCCC(=O)O)C(O)c1ccc(C(C)C)cc1. The Balaban J connectivity index is 2.65. The molecule has 0 spiro atoms. The fourth-order valence-electron chi connectivity index (χ4n) is 2.15. The van der Waals surface area contributed by atoms with E-state index in [1.165, 1.54) is 5.56 Å². The molecule has 0 saturated heterocycles. The first-order valence-corrected chi connectivity index (χ1v) is 7.18. The second-order valence-corrected chi connectivity index (χ2v) is 5.38. The number of aliphatic hydroxyl groups excluding tert-OH is 1. The van der Waals surface area contributed by atoms with Crippen molar-refractivity contribution in [1.29, 1.82) is 0 Å². The van der Waals surface area contributed by atoms with Crippen LogP contribution in [0.15, 0.2) is 24.3 Å². The van der Waals surface area contributed by atoms with E-state index >= 15 is 0 Å². The van der Waals surface area contributed by atoms with Crippen molar-refractivity contribution in [3.63, 3.8) is 0 Å². The van der Waals surface area contributed by atoms with E-state index in [0.29, 0.717) is 12.5 Å². The van der Waals surface area contributed by atoms with Crippen LogP contribution in [0.25, 0.3) is 0 Å². The van der Waals surface area contributed by atoms with Crippen molar-refractivity contribution in [1.82, 2.24) is 5.32 Å². The minimum Gasteiger partial charge on any atom is -0.481 e. The molecule has 0 fully saturated rings. The molecule has 0 amide bonds. The van der Waals surface area contributed by atoms with Crippen LogP contribution in [0.5, 0.6) is 0 Å². The lowest BCUT2D eigenvalue weighted by Crippen LogP contribution is -2.35. The van der Waals surface area contributed by atoms with E-state index in [1.54, 1.807) is 0 Å². The van der Waals surface area contributed by atoms with Crippen molar-refractivity contribution in [2.24, 2.45) is 0 Å². The van der Waals surface area contributed by atoms with E-state index in [0.717, 1.165) is 12.0 Å². The monoisotopic (exact) mass is 279 g/mol. The van der Waals surface area contributed by atoms with Crippen molar-refractivity contribution < 1.29 is 15.0 Å². The van der Waals surface area contributed by atoms with Gasteiger partial charge in [0, 0.05) is 12.6 Å². The number of carboxylic acid groups (broad SMARTS) is 1. The fraction of sp³-hybridized carbons (Fsp3) is 0.562. The normalized spacial score (nSPS) is 14.2. The molecule has 0 aromatic heterocycles. The van der Waals surface area contributed by atoms with Crippen molar-refractivity contribution in [2.45, 2.75) is 51.7 Å². The zero-order valence-electron chi connectivity index (χ0n) is 12.5. The Morgan fingerprint density at radius 1 is 1.20 bits per heavy atom. The van der Waals surface area contributed by atoms with Gasteiger partial charge in [0.25, 0.3) is 0 Å². The smallest absolute Gasteiger partial charge is 0.304 e. The summed E-state index contributed by atoms with van der Waals surface area (Å²) in [6.45, 7) is 6.61. The van der Waals surface area contributed by atoms with Crippen LogP contribution in [0, 0.1) is 0 Å². The topological polar surface area (TPSA) is 69.6 Å². The molecule has 0 saturated carbocycles. The third-order valence-electron chi connectivity index (χ3n) is 3.51. The summed E-state index contributed by atoms with van der Waals surface area (Å²) in [7, 11) is 0. The van der Waals surface area contributed by atoms with E-state index in [1.807, 2.05) is 31.2 Å². The molecule has 20 heavy (non-hydrogen) atoms. The lowest BCUT2D eigenvalue weighted by Gasteiger charge is -2.23. The summed E-state index contributed by atoms with van der Waals surface area (Å²) >= 11 is 0. The van der Waals surface area contributed by atoms with Gasteiger partial charge in [0.1, 0.15) is 0 Å². The van der Waals surface area contributed by atoms with Crippen LogP contribution >= 0.6 is 0 Å². The number of nitrogens with one attached hydrogen (secondary N) is 1. The number of carboxylic acids is 1. The van der Waals surface area contributed by atoms with E-state index in [4.69, 9.17) is 5.11 Å². The number of rotatable bonds is 8. The number of carbonyl (C=O) groups is 1. The molecular weight excluding hydrogens is 254 g/mol. The zero-order chi connectivity index (χ0) is 15.1. The molecule has 2 atom stereocenters. The maximum Gasteiger partial charge on any atom is 0.304 e. The van der Waals surface area contributed by atoms with Gasteiger partial charge in [-0.15, -0.1) is 0 Å². The van der Waals surface area contributed by atoms with Gasteiger partial charge in [-0.25, -0.2) is 0 Å². The first kappa shape index (κ1) is 16.7. The minimum atomic E-state index is -0.830. The fourth-order valence-corrected chi connectivity index (χ4v) is 2.15. The van der Waals surface area contributed by atoms with E-state index in [9.17, 15) is 9.90 Å². The summed E-state index contributed by atoms with van der Waals surface area (Å²) in [6, 6.07) is 7.84. The highest BCUT2D eigenvalue weighted by Gasteiger charge is 2.19. The summed E-state index contributed by atoms with van der Waals surface area (Å²) in [5, 5.41) is 22.1. The van der Waals surface area contributed by atoms with Crippen molar-refractivity contribution in [3.05, 3.63) is 35.4 Å². The van der Waals surface area contributed by atoms with Gasteiger partial charge in [-0.1, -0.05) is 45.0 Å². The quantitative estimate of drug-likeness (QED) is 0.684. The number of aliphatic hydroxyl groups is 1. The van der Waals surface area contributed by atoms with Gasteiger partial charge in [0.15, 0.2) is 0 Å². The number of aliphatic carboxylic acids is 1. The van der Waals surface area contributed by atoms with Crippen LogP contribution in [0.3, 0.4) is 0 Å². The third-order valence-corrected chi connectivity index (χ3v) is 3.51. The molecule has 0 aliphatic rings. The molecule has 1 rings (SSSR count). The summed E-state index contributed by atoms with van der Waals surface area (Å²) < 4.78 is 0. The highest BCUT2D eigenvalue weighted by molar-refractivity contribution is 5.66. The van der Waals surface area contributed by atoms with Gasteiger partial charge >= 0.3 is 5.97 Å². The molecule has 4 heteroatoms. The van der Waals surface area contributed by atoms with Crippen molar-refractivity contribution in [3.8, 4) is 0 Å². The standard InChI is InChI=1S/C16H25NO3/c1-4-14(17-10-9-15(18)19)16(20)13-7-5-12(6-8-13)11(2)3/h5-8,11,14,16-17,20H,4,9-10H2,1-3H3,(H,18,19).